The fourth-order valence-electron chi connectivity index (χ4n) is 1.22. The van der Waals surface area contributed by atoms with Gasteiger partial charge in [-0.3, -0.25) is 0 Å². The predicted octanol–water partition coefficient (Wildman–Crippen LogP) is 2.37. The standard InChI is InChI=1S/C12H15NO/c1-3-4-5-9-14-12-10(2)7-6-8-11(12)13/h1,6-8H,4-5,9,13H2,2H3. The second-order valence-corrected chi connectivity index (χ2v) is 3.15. The van der Waals surface area contributed by atoms with E-state index in [0.717, 1.165) is 24.2 Å². The van der Waals surface area contributed by atoms with Crippen LogP contribution in [0.4, 0.5) is 5.69 Å². The van der Waals surface area contributed by atoms with Crippen LogP contribution in [0.3, 0.4) is 0 Å². The zero-order chi connectivity index (χ0) is 10.4. The summed E-state index contributed by atoms with van der Waals surface area (Å²) in [6.45, 7) is 2.60. The lowest BCUT2D eigenvalue weighted by molar-refractivity contribution is 0.312. The minimum atomic E-state index is 0.624. The van der Waals surface area contributed by atoms with Crippen molar-refractivity contribution >= 4 is 5.69 Å². The van der Waals surface area contributed by atoms with Gasteiger partial charge in [0, 0.05) is 6.42 Å². The molecule has 0 aliphatic heterocycles. The lowest BCUT2D eigenvalue weighted by Gasteiger charge is -2.10. The molecule has 1 aromatic carbocycles. The number of hydrogen-bond acceptors (Lipinski definition) is 2. The van der Waals surface area contributed by atoms with Crippen molar-refractivity contribution in [2.24, 2.45) is 0 Å². The number of para-hydroxylation sites is 1. The largest absolute Gasteiger partial charge is 0.491 e. The SMILES string of the molecule is C#CCCCOc1c(C)cccc1N. The number of nitrogens with two attached hydrogens (primary N) is 1. The van der Waals surface area contributed by atoms with Gasteiger partial charge in [0.25, 0.3) is 0 Å². The van der Waals surface area contributed by atoms with E-state index >= 15 is 0 Å². The van der Waals surface area contributed by atoms with Crippen molar-refractivity contribution in [3.63, 3.8) is 0 Å². The summed E-state index contributed by atoms with van der Waals surface area (Å²) in [5.74, 6) is 3.35. The number of aryl methyl sites for hydroxylation is 1. The summed E-state index contributed by atoms with van der Waals surface area (Å²) in [7, 11) is 0. The van der Waals surface area contributed by atoms with Gasteiger partial charge in [-0.2, -0.15) is 0 Å². The van der Waals surface area contributed by atoms with Crippen LogP contribution in [-0.2, 0) is 0 Å². The molecule has 0 saturated carbocycles. The molecule has 0 fully saturated rings. The first-order valence-electron chi connectivity index (χ1n) is 4.67. The minimum absolute atomic E-state index is 0.624. The van der Waals surface area contributed by atoms with E-state index in [9.17, 15) is 0 Å². The third-order valence-electron chi connectivity index (χ3n) is 1.95. The molecule has 14 heavy (non-hydrogen) atoms. The molecule has 0 unspecified atom stereocenters. The van der Waals surface area contributed by atoms with Crippen molar-refractivity contribution in [2.45, 2.75) is 19.8 Å². The monoisotopic (exact) mass is 189 g/mol. The number of anilines is 1. The molecular weight excluding hydrogens is 174 g/mol. The quantitative estimate of drug-likeness (QED) is 0.448. The molecule has 1 rings (SSSR count). The summed E-state index contributed by atoms with van der Waals surface area (Å²) in [5.41, 5.74) is 7.52. The number of unbranched alkanes of at least 4 members (excludes halogenated alkanes) is 1. The highest BCUT2D eigenvalue weighted by Crippen LogP contribution is 2.25. The summed E-state index contributed by atoms with van der Waals surface area (Å²) < 4.78 is 5.55. The Bertz CT molecular complexity index is 318. The molecule has 0 atom stereocenters. The van der Waals surface area contributed by atoms with E-state index in [1.807, 2.05) is 25.1 Å². The fraction of sp³-hybridized carbons (Fsp3) is 0.333. The third-order valence-corrected chi connectivity index (χ3v) is 1.95. The van der Waals surface area contributed by atoms with Crippen LogP contribution in [0, 0.1) is 19.3 Å². The van der Waals surface area contributed by atoms with Crippen molar-refractivity contribution in [1.29, 1.82) is 0 Å². The van der Waals surface area contributed by atoms with Gasteiger partial charge in [-0.1, -0.05) is 12.1 Å². The first-order chi connectivity index (χ1) is 6.75. The maximum atomic E-state index is 5.77. The Labute approximate surface area is 85.1 Å². The second-order valence-electron chi connectivity index (χ2n) is 3.15. The molecule has 1 aromatic rings. The van der Waals surface area contributed by atoms with E-state index in [4.69, 9.17) is 16.9 Å². The Morgan fingerprint density at radius 3 is 2.93 bits per heavy atom. The zero-order valence-corrected chi connectivity index (χ0v) is 8.42. The Kier molecular flexibility index (Phi) is 3.87. The van der Waals surface area contributed by atoms with Gasteiger partial charge in [-0.15, -0.1) is 12.3 Å². The van der Waals surface area contributed by atoms with Crippen LogP contribution in [-0.4, -0.2) is 6.61 Å². The number of nitrogen functional groups attached to an aromatic ring is 1. The fourth-order valence-corrected chi connectivity index (χ4v) is 1.22. The molecule has 0 bridgehead atoms. The Morgan fingerprint density at radius 2 is 2.29 bits per heavy atom. The van der Waals surface area contributed by atoms with Gasteiger partial charge in [-0.05, 0) is 25.0 Å². The molecule has 74 valence electrons. The Hall–Kier alpha value is -1.62. The van der Waals surface area contributed by atoms with Gasteiger partial charge >= 0.3 is 0 Å². The molecule has 0 radical (unpaired) electrons. The van der Waals surface area contributed by atoms with Crippen LogP contribution in [0.1, 0.15) is 18.4 Å². The highest BCUT2D eigenvalue weighted by atomic mass is 16.5. The van der Waals surface area contributed by atoms with Crippen LogP contribution in [0.2, 0.25) is 0 Å². The van der Waals surface area contributed by atoms with Crippen LogP contribution in [0.5, 0.6) is 5.75 Å². The summed E-state index contributed by atoms with van der Waals surface area (Å²) in [5, 5.41) is 0. The Morgan fingerprint density at radius 1 is 1.50 bits per heavy atom. The number of benzene rings is 1. The van der Waals surface area contributed by atoms with Crippen LogP contribution in [0.15, 0.2) is 18.2 Å². The number of ether oxygens (including phenoxy) is 1. The van der Waals surface area contributed by atoms with E-state index in [1.165, 1.54) is 0 Å². The van der Waals surface area contributed by atoms with E-state index in [2.05, 4.69) is 5.92 Å². The molecule has 0 aliphatic carbocycles. The normalized spacial score (nSPS) is 9.43. The molecule has 0 heterocycles. The van der Waals surface area contributed by atoms with Gasteiger partial charge in [0.2, 0.25) is 0 Å². The minimum Gasteiger partial charge on any atom is -0.491 e. The van der Waals surface area contributed by atoms with E-state index in [-0.39, 0.29) is 0 Å². The first-order valence-corrected chi connectivity index (χ1v) is 4.67. The van der Waals surface area contributed by atoms with Gasteiger partial charge in [0.1, 0.15) is 5.75 Å². The number of rotatable bonds is 4. The zero-order valence-electron chi connectivity index (χ0n) is 8.42. The Balaban J connectivity index is 2.54. The first kappa shape index (κ1) is 10.5. The summed E-state index contributed by atoms with van der Waals surface area (Å²) >= 11 is 0. The van der Waals surface area contributed by atoms with Gasteiger partial charge in [0.05, 0.1) is 12.3 Å². The van der Waals surface area contributed by atoms with Crippen LogP contribution >= 0.6 is 0 Å². The number of terminal acetylenes is 1. The molecule has 2 nitrogen and oxygen atoms in total. The van der Waals surface area contributed by atoms with Crippen molar-refractivity contribution in [2.75, 3.05) is 12.3 Å². The third kappa shape index (κ3) is 2.70. The van der Waals surface area contributed by atoms with E-state index in [1.54, 1.807) is 0 Å². The lowest BCUT2D eigenvalue weighted by atomic mass is 10.2. The molecular formula is C12H15NO. The van der Waals surface area contributed by atoms with Gasteiger partial charge < -0.3 is 10.5 Å². The average molecular weight is 189 g/mol. The predicted molar refractivity (Wildman–Crippen MR) is 59.2 cm³/mol. The maximum Gasteiger partial charge on any atom is 0.145 e. The van der Waals surface area contributed by atoms with Gasteiger partial charge in [-0.25, -0.2) is 0 Å². The molecule has 2 N–H and O–H groups in total. The summed E-state index contributed by atoms with van der Waals surface area (Å²) in [6, 6.07) is 5.73. The average Bonchev–Trinajstić information content (AvgIpc) is 2.16. The lowest BCUT2D eigenvalue weighted by Crippen LogP contribution is -2.01. The van der Waals surface area contributed by atoms with Crippen molar-refractivity contribution < 1.29 is 4.74 Å². The molecule has 0 aromatic heterocycles. The van der Waals surface area contributed by atoms with Crippen LogP contribution in [0.25, 0.3) is 0 Å². The summed E-state index contributed by atoms with van der Waals surface area (Å²) in [6.07, 6.45) is 6.74. The summed E-state index contributed by atoms with van der Waals surface area (Å²) in [4.78, 5) is 0. The molecule has 0 amide bonds. The molecule has 0 aliphatic rings. The maximum absolute atomic E-state index is 5.77. The van der Waals surface area contributed by atoms with E-state index in [0.29, 0.717) is 12.3 Å². The molecule has 0 saturated heterocycles. The smallest absolute Gasteiger partial charge is 0.145 e. The van der Waals surface area contributed by atoms with E-state index < -0.39 is 0 Å². The second kappa shape index (κ2) is 5.18. The molecule has 2 heteroatoms. The highest BCUT2D eigenvalue weighted by molar-refractivity contribution is 5.56. The highest BCUT2D eigenvalue weighted by Gasteiger charge is 2.02. The van der Waals surface area contributed by atoms with Crippen molar-refractivity contribution in [1.82, 2.24) is 0 Å². The topological polar surface area (TPSA) is 35.2 Å². The van der Waals surface area contributed by atoms with Crippen molar-refractivity contribution in [3.8, 4) is 18.1 Å². The number of hydrogen-bond donors (Lipinski definition) is 1. The molecule has 0 spiro atoms. The van der Waals surface area contributed by atoms with Crippen LogP contribution < -0.4 is 10.5 Å². The van der Waals surface area contributed by atoms with Gasteiger partial charge in [0.15, 0.2) is 0 Å². The van der Waals surface area contributed by atoms with Crippen molar-refractivity contribution in [3.05, 3.63) is 23.8 Å².